The van der Waals surface area contributed by atoms with Gasteiger partial charge in [0.1, 0.15) is 5.82 Å². The molecule has 1 fully saturated rings. The van der Waals surface area contributed by atoms with Crippen molar-refractivity contribution in [1.29, 1.82) is 0 Å². The summed E-state index contributed by atoms with van der Waals surface area (Å²) >= 11 is 1.66. The van der Waals surface area contributed by atoms with Crippen LogP contribution in [0, 0.1) is 0 Å². The van der Waals surface area contributed by atoms with E-state index in [1.54, 1.807) is 11.3 Å². The van der Waals surface area contributed by atoms with Crippen LogP contribution >= 0.6 is 11.3 Å². The monoisotopic (exact) mass is 458 g/mol. The molecule has 0 amide bonds. The molecule has 0 atom stereocenters. The molecule has 170 valence electrons. The third-order valence-electron chi connectivity index (χ3n) is 6.16. The number of nitrogens with zero attached hydrogens (tertiary/aromatic N) is 4. The molecule has 1 aliphatic rings. The maximum Gasteiger partial charge on any atom is 0.225 e. The van der Waals surface area contributed by atoms with Crippen LogP contribution in [0.25, 0.3) is 10.2 Å². The fraction of sp³-hybridized carbons (Fsp3) is 0.346. The van der Waals surface area contributed by atoms with Gasteiger partial charge in [-0.1, -0.05) is 54.7 Å². The minimum Gasteiger partial charge on any atom is -0.351 e. The van der Waals surface area contributed by atoms with Crippen LogP contribution in [0.2, 0.25) is 0 Å². The predicted octanol–water partition coefficient (Wildman–Crippen LogP) is 5.49. The summed E-state index contributed by atoms with van der Waals surface area (Å²) in [5, 5.41) is 7.89. The second kappa shape index (κ2) is 9.85. The lowest BCUT2D eigenvalue weighted by molar-refractivity contribution is 0.263. The minimum absolute atomic E-state index is 0.399. The Labute approximate surface area is 199 Å². The number of fused-ring (bicyclic) bond motifs is 1. The zero-order chi connectivity index (χ0) is 22.6. The maximum atomic E-state index is 4.86. The van der Waals surface area contributed by atoms with Gasteiger partial charge in [0, 0.05) is 18.5 Å². The smallest absolute Gasteiger partial charge is 0.225 e. The van der Waals surface area contributed by atoms with Gasteiger partial charge < -0.3 is 15.5 Å². The highest BCUT2D eigenvalue weighted by Gasteiger charge is 2.18. The fourth-order valence-corrected chi connectivity index (χ4v) is 5.15. The van der Waals surface area contributed by atoms with E-state index >= 15 is 0 Å². The van der Waals surface area contributed by atoms with Gasteiger partial charge in [0.15, 0.2) is 5.13 Å². The number of aromatic nitrogens is 3. The van der Waals surface area contributed by atoms with Gasteiger partial charge >= 0.3 is 0 Å². The molecule has 1 aliphatic heterocycles. The summed E-state index contributed by atoms with van der Waals surface area (Å²) in [6, 6.07) is 19.4. The Morgan fingerprint density at radius 1 is 0.970 bits per heavy atom. The second-order valence-electron chi connectivity index (χ2n) is 8.75. The normalized spacial score (nSPS) is 15.1. The highest BCUT2D eigenvalue weighted by Crippen LogP contribution is 2.29. The van der Waals surface area contributed by atoms with Crippen molar-refractivity contribution in [1.82, 2.24) is 19.9 Å². The molecule has 0 radical (unpaired) electrons. The van der Waals surface area contributed by atoms with Crippen molar-refractivity contribution in [3.8, 4) is 0 Å². The standard InChI is InChI=1S/C26H30N6S/c1-3-18-9-10-22-23(16-18)33-26(29-22)31-24-17-21(15-19-7-5-4-6-8-19)28-25(30-24)27-20-11-13-32(2)14-12-20/h4-10,16-17,20H,3,11-15H2,1-2H3,(H2,27,28,29,30,31). The van der Waals surface area contributed by atoms with E-state index in [2.05, 4.69) is 72.0 Å². The number of piperidine rings is 1. The third-order valence-corrected chi connectivity index (χ3v) is 7.09. The molecule has 2 N–H and O–H groups in total. The Kier molecular flexibility index (Phi) is 6.51. The first-order valence-corrected chi connectivity index (χ1v) is 12.5. The molecule has 0 spiro atoms. The van der Waals surface area contributed by atoms with E-state index in [0.717, 1.165) is 60.9 Å². The SMILES string of the molecule is CCc1ccc2nc(Nc3cc(Cc4ccccc4)nc(NC4CCN(C)CC4)n3)sc2c1. The molecule has 7 heteroatoms. The Morgan fingerprint density at radius 2 is 1.79 bits per heavy atom. The van der Waals surface area contributed by atoms with Crippen LogP contribution < -0.4 is 10.6 Å². The van der Waals surface area contributed by atoms with Crippen LogP contribution in [0.3, 0.4) is 0 Å². The van der Waals surface area contributed by atoms with Crippen LogP contribution in [0.15, 0.2) is 54.6 Å². The van der Waals surface area contributed by atoms with Crippen LogP contribution in [0.5, 0.6) is 0 Å². The molecule has 1 saturated heterocycles. The van der Waals surface area contributed by atoms with Gasteiger partial charge in [0.25, 0.3) is 0 Å². The van der Waals surface area contributed by atoms with Crippen LogP contribution in [-0.4, -0.2) is 46.0 Å². The van der Waals surface area contributed by atoms with Gasteiger partial charge in [-0.15, -0.1) is 0 Å². The number of hydrogen-bond acceptors (Lipinski definition) is 7. The summed E-state index contributed by atoms with van der Waals surface area (Å²) in [6.07, 6.45) is 3.99. The zero-order valence-corrected chi connectivity index (χ0v) is 20.0. The predicted molar refractivity (Wildman–Crippen MR) is 138 cm³/mol. The van der Waals surface area contributed by atoms with Crippen molar-refractivity contribution >= 4 is 38.5 Å². The topological polar surface area (TPSA) is 66.0 Å². The van der Waals surface area contributed by atoms with Crippen LogP contribution in [0.4, 0.5) is 16.9 Å². The Bertz CT molecular complexity index is 1210. The van der Waals surface area contributed by atoms with Crippen molar-refractivity contribution in [2.45, 2.75) is 38.6 Å². The van der Waals surface area contributed by atoms with Crippen molar-refractivity contribution in [3.63, 3.8) is 0 Å². The average molecular weight is 459 g/mol. The largest absolute Gasteiger partial charge is 0.351 e. The highest BCUT2D eigenvalue weighted by atomic mass is 32.1. The number of benzene rings is 2. The Hall–Kier alpha value is -3.03. The summed E-state index contributed by atoms with van der Waals surface area (Å²) in [7, 11) is 2.18. The molecule has 6 nitrogen and oxygen atoms in total. The lowest BCUT2D eigenvalue weighted by Crippen LogP contribution is -2.37. The number of likely N-dealkylation sites (tertiary alicyclic amines) is 1. The van der Waals surface area contributed by atoms with Gasteiger partial charge in [-0.2, -0.15) is 4.98 Å². The number of rotatable bonds is 7. The molecule has 33 heavy (non-hydrogen) atoms. The van der Waals surface area contributed by atoms with Crippen molar-refractivity contribution < 1.29 is 0 Å². The Morgan fingerprint density at radius 3 is 2.58 bits per heavy atom. The molecule has 0 unspecified atom stereocenters. The Balaban J connectivity index is 1.41. The fourth-order valence-electron chi connectivity index (χ4n) is 4.21. The van der Waals surface area contributed by atoms with Gasteiger partial charge in [0.05, 0.1) is 15.9 Å². The van der Waals surface area contributed by atoms with E-state index < -0.39 is 0 Å². The number of anilines is 3. The van der Waals surface area contributed by atoms with Gasteiger partial charge in [-0.05, 0) is 62.7 Å². The van der Waals surface area contributed by atoms with Gasteiger partial charge in [-0.3, -0.25) is 0 Å². The van der Waals surface area contributed by atoms with Gasteiger partial charge in [0.2, 0.25) is 5.95 Å². The first-order valence-electron chi connectivity index (χ1n) is 11.7. The molecule has 0 aliphatic carbocycles. The summed E-state index contributed by atoms with van der Waals surface area (Å²) in [5.41, 5.74) is 4.57. The summed E-state index contributed by atoms with van der Waals surface area (Å²) in [6.45, 7) is 4.37. The van der Waals surface area contributed by atoms with E-state index in [-0.39, 0.29) is 0 Å². The molecule has 4 aromatic rings. The molecule has 2 aromatic carbocycles. The summed E-state index contributed by atoms with van der Waals surface area (Å²) < 4.78 is 1.19. The summed E-state index contributed by atoms with van der Waals surface area (Å²) in [5.74, 6) is 1.47. The minimum atomic E-state index is 0.399. The van der Waals surface area contributed by atoms with Crippen LogP contribution in [0.1, 0.15) is 36.6 Å². The van der Waals surface area contributed by atoms with Crippen molar-refractivity contribution in [2.24, 2.45) is 0 Å². The third kappa shape index (κ3) is 5.49. The van der Waals surface area contributed by atoms with Crippen molar-refractivity contribution in [3.05, 3.63) is 71.4 Å². The second-order valence-corrected chi connectivity index (χ2v) is 9.78. The summed E-state index contributed by atoms with van der Waals surface area (Å²) in [4.78, 5) is 16.8. The number of hydrogen-bond donors (Lipinski definition) is 2. The lowest BCUT2D eigenvalue weighted by atomic mass is 10.1. The highest BCUT2D eigenvalue weighted by molar-refractivity contribution is 7.22. The van der Waals surface area contributed by atoms with E-state index in [1.165, 1.54) is 15.8 Å². The van der Waals surface area contributed by atoms with E-state index in [4.69, 9.17) is 15.0 Å². The maximum absolute atomic E-state index is 4.86. The van der Waals surface area contributed by atoms with Gasteiger partial charge in [-0.25, -0.2) is 9.97 Å². The first kappa shape index (κ1) is 21.8. The van der Waals surface area contributed by atoms with E-state index in [9.17, 15) is 0 Å². The number of nitrogens with one attached hydrogen (secondary N) is 2. The molecule has 3 heterocycles. The van der Waals surface area contributed by atoms with Crippen LogP contribution in [-0.2, 0) is 12.8 Å². The molecular formula is C26H30N6S. The lowest BCUT2D eigenvalue weighted by Gasteiger charge is -2.29. The number of thiazole rings is 1. The quantitative estimate of drug-likeness (QED) is 0.382. The average Bonchev–Trinajstić information content (AvgIpc) is 3.22. The van der Waals surface area contributed by atoms with E-state index in [0.29, 0.717) is 12.0 Å². The molecule has 0 bridgehead atoms. The first-order chi connectivity index (χ1) is 16.1. The van der Waals surface area contributed by atoms with Crippen molar-refractivity contribution in [2.75, 3.05) is 30.8 Å². The number of aryl methyl sites for hydroxylation is 1. The van der Waals surface area contributed by atoms with E-state index in [1.807, 2.05) is 12.1 Å². The molecule has 2 aromatic heterocycles. The molecule has 5 rings (SSSR count). The molecular weight excluding hydrogens is 428 g/mol. The molecule has 0 saturated carbocycles. The zero-order valence-electron chi connectivity index (χ0n) is 19.2.